The van der Waals surface area contributed by atoms with Gasteiger partial charge in [0.2, 0.25) is 0 Å². The Bertz CT molecular complexity index is 1160. The molecule has 0 bridgehead atoms. The molecule has 3 aromatic carbocycles. The number of benzene rings is 3. The van der Waals surface area contributed by atoms with Crippen molar-refractivity contribution in [3.63, 3.8) is 0 Å². The number of ether oxygens (including phenoxy) is 1. The molecule has 0 spiro atoms. The largest absolute Gasteiger partial charge is 0.493 e. The maximum absolute atomic E-state index is 11.2. The van der Waals surface area contributed by atoms with Gasteiger partial charge < -0.3 is 14.9 Å². The number of allylic oxidation sites excluding steroid dienone is 1. The van der Waals surface area contributed by atoms with E-state index in [1.54, 1.807) is 12.1 Å². The average molecular weight is 533 g/mol. The Morgan fingerprint density at radius 3 is 2.32 bits per heavy atom. The van der Waals surface area contributed by atoms with Gasteiger partial charge in [-0.3, -0.25) is 4.79 Å². The van der Waals surface area contributed by atoms with E-state index in [1.807, 2.05) is 42.5 Å². The van der Waals surface area contributed by atoms with E-state index in [0.717, 1.165) is 61.2 Å². The summed E-state index contributed by atoms with van der Waals surface area (Å²) >= 11 is 1.41. The van der Waals surface area contributed by atoms with Crippen LogP contribution in [-0.2, 0) is 17.6 Å². The topological polar surface area (TPSA) is 83.8 Å². The van der Waals surface area contributed by atoms with E-state index in [-0.39, 0.29) is 17.2 Å². The molecule has 38 heavy (non-hydrogen) atoms. The number of thioether (sulfide) groups is 1. The molecule has 1 unspecified atom stereocenters. The molecule has 0 amide bonds. The summed E-state index contributed by atoms with van der Waals surface area (Å²) in [7, 11) is 0. The van der Waals surface area contributed by atoms with E-state index >= 15 is 0 Å². The van der Waals surface area contributed by atoms with Crippen LogP contribution < -0.4 is 4.74 Å². The van der Waals surface area contributed by atoms with Crippen molar-refractivity contribution in [3.8, 4) is 5.75 Å². The fourth-order valence-electron chi connectivity index (χ4n) is 4.17. The maximum atomic E-state index is 11.2. The highest BCUT2D eigenvalue weighted by Gasteiger charge is 2.10. The first kappa shape index (κ1) is 29.1. The SMILES string of the molecule is O=C(O)CSCCC(C=Cc1ccccc1OCCCCCc1ccccc1)Cc1ccc(C(=O)O)cc1. The van der Waals surface area contributed by atoms with Crippen molar-refractivity contribution in [1.82, 2.24) is 0 Å². The predicted octanol–water partition coefficient (Wildman–Crippen LogP) is 7.26. The van der Waals surface area contributed by atoms with Crippen LogP contribution >= 0.6 is 11.8 Å². The lowest BCUT2D eigenvalue weighted by atomic mass is 9.95. The fourth-order valence-corrected chi connectivity index (χ4v) is 4.96. The van der Waals surface area contributed by atoms with Gasteiger partial charge >= 0.3 is 11.9 Å². The van der Waals surface area contributed by atoms with Gasteiger partial charge in [0.25, 0.3) is 0 Å². The standard InChI is InChI=1S/C32H36O5S/c33-31(34)24-38-22-20-27(23-26-15-18-29(19-16-26)32(35)36)14-17-28-12-6-7-13-30(28)37-21-8-2-5-11-25-9-3-1-4-10-25/h1,3-4,6-7,9-10,12-19,27H,2,5,8,11,20-24H2,(H,33,34)(H,35,36). The lowest BCUT2D eigenvalue weighted by Crippen LogP contribution is -2.06. The summed E-state index contributed by atoms with van der Waals surface area (Å²) in [6, 6.07) is 25.5. The van der Waals surface area contributed by atoms with Gasteiger partial charge in [-0.15, -0.1) is 0 Å². The lowest BCUT2D eigenvalue weighted by Gasteiger charge is -2.14. The number of aliphatic carboxylic acids is 1. The first-order valence-electron chi connectivity index (χ1n) is 13.1. The highest BCUT2D eigenvalue weighted by molar-refractivity contribution is 7.99. The number of para-hydroxylation sites is 1. The van der Waals surface area contributed by atoms with Gasteiger partial charge in [0.15, 0.2) is 0 Å². The minimum Gasteiger partial charge on any atom is -0.493 e. The molecule has 0 aliphatic rings. The number of aromatic carboxylic acids is 1. The van der Waals surface area contributed by atoms with Crippen LogP contribution in [0.3, 0.4) is 0 Å². The quantitative estimate of drug-likeness (QED) is 0.178. The van der Waals surface area contributed by atoms with Crippen molar-refractivity contribution in [2.24, 2.45) is 5.92 Å². The molecule has 2 N–H and O–H groups in total. The van der Waals surface area contributed by atoms with Crippen molar-refractivity contribution in [2.75, 3.05) is 18.1 Å². The van der Waals surface area contributed by atoms with E-state index in [1.165, 1.54) is 17.3 Å². The minimum atomic E-state index is -0.939. The number of hydrogen-bond acceptors (Lipinski definition) is 4. The first-order chi connectivity index (χ1) is 18.5. The van der Waals surface area contributed by atoms with Crippen LogP contribution in [0.5, 0.6) is 5.75 Å². The zero-order chi connectivity index (χ0) is 27.0. The second-order valence-corrected chi connectivity index (χ2v) is 10.3. The molecule has 3 rings (SSSR count). The van der Waals surface area contributed by atoms with Crippen molar-refractivity contribution >= 4 is 29.8 Å². The van der Waals surface area contributed by atoms with Gasteiger partial charge in [-0.25, -0.2) is 4.79 Å². The van der Waals surface area contributed by atoms with Crippen molar-refractivity contribution in [2.45, 2.75) is 38.5 Å². The second kappa shape index (κ2) is 16.4. The molecule has 0 radical (unpaired) electrons. The van der Waals surface area contributed by atoms with Gasteiger partial charge in [0.1, 0.15) is 5.75 Å². The van der Waals surface area contributed by atoms with Crippen LogP contribution in [0.2, 0.25) is 0 Å². The first-order valence-corrected chi connectivity index (χ1v) is 14.2. The smallest absolute Gasteiger partial charge is 0.335 e. The molecule has 0 aliphatic heterocycles. The highest BCUT2D eigenvalue weighted by Crippen LogP contribution is 2.24. The molecule has 5 nitrogen and oxygen atoms in total. The molecule has 0 saturated carbocycles. The third-order valence-electron chi connectivity index (χ3n) is 6.23. The number of aryl methyl sites for hydroxylation is 1. The van der Waals surface area contributed by atoms with E-state index in [0.29, 0.717) is 6.61 Å². The zero-order valence-electron chi connectivity index (χ0n) is 21.6. The molecule has 1 atom stereocenters. The molecule has 0 fully saturated rings. The molecule has 3 aromatic rings. The number of carbonyl (C=O) groups is 2. The summed E-state index contributed by atoms with van der Waals surface area (Å²) < 4.78 is 6.12. The lowest BCUT2D eigenvalue weighted by molar-refractivity contribution is -0.133. The normalized spacial score (nSPS) is 11.9. The Morgan fingerprint density at radius 1 is 0.842 bits per heavy atom. The summed E-state index contributed by atoms with van der Waals surface area (Å²) in [5.41, 5.74) is 3.70. The van der Waals surface area contributed by atoms with E-state index in [4.69, 9.17) is 14.9 Å². The van der Waals surface area contributed by atoms with Gasteiger partial charge in [-0.2, -0.15) is 11.8 Å². The third-order valence-corrected chi connectivity index (χ3v) is 7.21. The molecule has 0 aromatic heterocycles. The Balaban J connectivity index is 1.56. The van der Waals surface area contributed by atoms with E-state index in [2.05, 4.69) is 36.4 Å². The molecule has 0 heterocycles. The van der Waals surface area contributed by atoms with Gasteiger partial charge in [0, 0.05) is 5.56 Å². The molecular weight excluding hydrogens is 496 g/mol. The number of carboxylic acids is 2. The monoisotopic (exact) mass is 532 g/mol. The predicted molar refractivity (Wildman–Crippen MR) is 155 cm³/mol. The number of carboxylic acid groups (broad SMARTS) is 2. The third kappa shape index (κ3) is 10.9. The van der Waals surface area contributed by atoms with Crippen LogP contribution in [0.1, 0.15) is 52.7 Å². The van der Waals surface area contributed by atoms with Crippen LogP contribution in [-0.4, -0.2) is 40.3 Å². The maximum Gasteiger partial charge on any atom is 0.335 e. The number of rotatable bonds is 17. The Morgan fingerprint density at radius 2 is 1.58 bits per heavy atom. The van der Waals surface area contributed by atoms with E-state index in [9.17, 15) is 9.59 Å². The summed E-state index contributed by atoms with van der Waals surface area (Å²) in [6.45, 7) is 0.671. The van der Waals surface area contributed by atoms with Gasteiger partial charge in [-0.1, -0.05) is 72.8 Å². The average Bonchev–Trinajstić information content (AvgIpc) is 2.92. The van der Waals surface area contributed by atoms with Crippen LogP contribution in [0, 0.1) is 5.92 Å². The Kier molecular flexibility index (Phi) is 12.5. The Hall–Kier alpha value is -3.51. The Labute approximate surface area is 229 Å². The summed E-state index contributed by atoms with van der Waals surface area (Å²) in [5, 5.41) is 18.1. The van der Waals surface area contributed by atoms with Gasteiger partial charge in [-0.05, 0) is 79.5 Å². The summed E-state index contributed by atoms with van der Waals surface area (Å²) in [5.74, 6) is 0.111. The fraction of sp³-hybridized carbons (Fsp3) is 0.312. The molecule has 6 heteroatoms. The van der Waals surface area contributed by atoms with Crippen LogP contribution in [0.25, 0.3) is 6.08 Å². The summed E-state index contributed by atoms with van der Waals surface area (Å²) in [6.07, 6.45) is 10.2. The van der Waals surface area contributed by atoms with Crippen molar-refractivity contribution < 1.29 is 24.5 Å². The van der Waals surface area contributed by atoms with Crippen LogP contribution in [0.4, 0.5) is 0 Å². The second-order valence-electron chi connectivity index (χ2n) is 9.24. The molecule has 200 valence electrons. The van der Waals surface area contributed by atoms with Gasteiger partial charge in [0.05, 0.1) is 17.9 Å². The number of unbranched alkanes of at least 4 members (excludes halogenated alkanes) is 2. The van der Waals surface area contributed by atoms with Crippen LogP contribution in [0.15, 0.2) is 84.9 Å². The van der Waals surface area contributed by atoms with Crippen molar-refractivity contribution in [3.05, 3.63) is 107 Å². The highest BCUT2D eigenvalue weighted by atomic mass is 32.2. The molecule has 0 aliphatic carbocycles. The molecular formula is C32H36O5S. The number of hydrogen-bond donors (Lipinski definition) is 2. The zero-order valence-corrected chi connectivity index (χ0v) is 22.4. The van der Waals surface area contributed by atoms with Crippen molar-refractivity contribution in [1.29, 1.82) is 0 Å². The summed E-state index contributed by atoms with van der Waals surface area (Å²) in [4.78, 5) is 22.1. The molecule has 0 saturated heterocycles. The van der Waals surface area contributed by atoms with E-state index < -0.39 is 11.9 Å². The minimum absolute atomic E-state index is 0.0891.